The van der Waals surface area contributed by atoms with Gasteiger partial charge in [0, 0.05) is 19.7 Å². The minimum Gasteiger partial charge on any atom is -0.380 e. The predicted molar refractivity (Wildman–Crippen MR) is 70.3 cm³/mol. The number of hydrogen-bond donors (Lipinski definition) is 1. The molecule has 0 fully saturated rings. The van der Waals surface area contributed by atoms with Gasteiger partial charge in [-0.2, -0.15) is 0 Å². The Morgan fingerprint density at radius 1 is 1.44 bits per heavy atom. The van der Waals surface area contributed by atoms with Crippen molar-refractivity contribution >= 4 is 9.84 Å². The van der Waals surface area contributed by atoms with Crippen molar-refractivity contribution in [3.8, 4) is 0 Å². The van der Waals surface area contributed by atoms with Gasteiger partial charge in [-0.3, -0.25) is 0 Å². The standard InChI is InChI=1S/C13H19NO3S/c1-10(17-2)9-14-12-7-8-18(15,16)13-6-4-3-5-11(12)13/h3-6,10,12,14H,7-9H2,1-2H3. The smallest absolute Gasteiger partial charge is 0.178 e. The van der Waals surface area contributed by atoms with E-state index in [0.29, 0.717) is 11.3 Å². The molecule has 4 nitrogen and oxygen atoms in total. The van der Waals surface area contributed by atoms with Gasteiger partial charge in [-0.15, -0.1) is 0 Å². The Bertz CT molecular complexity index is 513. The molecular weight excluding hydrogens is 250 g/mol. The molecule has 1 aliphatic rings. The van der Waals surface area contributed by atoms with Crippen LogP contribution in [0.25, 0.3) is 0 Å². The molecule has 1 aromatic rings. The lowest BCUT2D eigenvalue weighted by molar-refractivity contribution is 0.114. The van der Waals surface area contributed by atoms with E-state index in [1.165, 1.54) is 0 Å². The zero-order valence-electron chi connectivity index (χ0n) is 10.7. The van der Waals surface area contributed by atoms with Crippen molar-refractivity contribution in [2.75, 3.05) is 19.4 Å². The van der Waals surface area contributed by atoms with Crippen LogP contribution >= 0.6 is 0 Å². The molecule has 2 atom stereocenters. The van der Waals surface area contributed by atoms with E-state index >= 15 is 0 Å². The maximum atomic E-state index is 12.0. The minimum atomic E-state index is -3.09. The van der Waals surface area contributed by atoms with Gasteiger partial charge in [0.2, 0.25) is 0 Å². The highest BCUT2D eigenvalue weighted by molar-refractivity contribution is 7.91. The molecular formula is C13H19NO3S. The van der Waals surface area contributed by atoms with Gasteiger partial charge in [0.05, 0.1) is 16.8 Å². The molecule has 1 N–H and O–H groups in total. The van der Waals surface area contributed by atoms with E-state index in [1.54, 1.807) is 19.2 Å². The molecule has 0 spiro atoms. The first-order chi connectivity index (χ1) is 8.54. The van der Waals surface area contributed by atoms with Gasteiger partial charge in [0.25, 0.3) is 0 Å². The molecule has 0 amide bonds. The van der Waals surface area contributed by atoms with Crippen LogP contribution in [0.4, 0.5) is 0 Å². The number of sulfone groups is 1. The third kappa shape index (κ3) is 2.74. The Balaban J connectivity index is 2.21. The van der Waals surface area contributed by atoms with Crippen molar-refractivity contribution in [1.29, 1.82) is 0 Å². The Morgan fingerprint density at radius 2 is 2.17 bits per heavy atom. The van der Waals surface area contributed by atoms with Crippen LogP contribution in [0.2, 0.25) is 0 Å². The normalized spacial score (nSPS) is 23.3. The summed E-state index contributed by atoms with van der Waals surface area (Å²) in [5.41, 5.74) is 0.882. The molecule has 18 heavy (non-hydrogen) atoms. The third-order valence-electron chi connectivity index (χ3n) is 3.36. The largest absolute Gasteiger partial charge is 0.380 e. The summed E-state index contributed by atoms with van der Waals surface area (Å²) >= 11 is 0. The first-order valence-electron chi connectivity index (χ1n) is 6.12. The topological polar surface area (TPSA) is 55.4 Å². The van der Waals surface area contributed by atoms with Crippen molar-refractivity contribution < 1.29 is 13.2 Å². The van der Waals surface area contributed by atoms with Gasteiger partial charge in [0.1, 0.15) is 0 Å². The molecule has 2 unspecified atom stereocenters. The van der Waals surface area contributed by atoms with Crippen LogP contribution in [0.15, 0.2) is 29.2 Å². The number of rotatable bonds is 4. The molecule has 1 aliphatic heterocycles. The molecule has 0 aliphatic carbocycles. The number of nitrogens with one attached hydrogen (secondary N) is 1. The molecule has 1 heterocycles. The molecule has 2 rings (SSSR count). The minimum absolute atomic E-state index is 0.0994. The Kier molecular flexibility index (Phi) is 4.04. The second-order valence-corrected chi connectivity index (χ2v) is 6.73. The average molecular weight is 269 g/mol. The van der Waals surface area contributed by atoms with Crippen LogP contribution < -0.4 is 5.32 Å². The second kappa shape index (κ2) is 5.38. The fraction of sp³-hybridized carbons (Fsp3) is 0.538. The summed E-state index contributed by atoms with van der Waals surface area (Å²) in [6.07, 6.45) is 0.742. The fourth-order valence-electron chi connectivity index (χ4n) is 2.19. The van der Waals surface area contributed by atoms with E-state index in [4.69, 9.17) is 4.74 Å². The summed E-state index contributed by atoms with van der Waals surface area (Å²) in [6, 6.07) is 7.34. The Morgan fingerprint density at radius 3 is 2.89 bits per heavy atom. The zero-order valence-corrected chi connectivity index (χ0v) is 11.5. The maximum absolute atomic E-state index is 12.0. The highest BCUT2D eigenvalue weighted by atomic mass is 32.2. The fourth-order valence-corrected chi connectivity index (χ4v) is 3.81. The molecule has 1 aromatic carbocycles. The predicted octanol–water partition coefficient (Wildman–Crippen LogP) is 1.53. The van der Waals surface area contributed by atoms with E-state index in [2.05, 4.69) is 5.32 Å². The van der Waals surface area contributed by atoms with Gasteiger partial charge >= 0.3 is 0 Å². The highest BCUT2D eigenvalue weighted by Gasteiger charge is 2.29. The molecule has 0 radical (unpaired) electrons. The van der Waals surface area contributed by atoms with Crippen molar-refractivity contribution in [1.82, 2.24) is 5.32 Å². The van der Waals surface area contributed by atoms with E-state index in [0.717, 1.165) is 12.1 Å². The van der Waals surface area contributed by atoms with Crippen LogP contribution in [0, 0.1) is 0 Å². The molecule has 100 valence electrons. The molecule has 0 saturated carbocycles. The van der Waals surface area contributed by atoms with Crippen molar-refractivity contribution in [3.05, 3.63) is 29.8 Å². The molecule has 0 bridgehead atoms. The van der Waals surface area contributed by atoms with E-state index in [1.807, 2.05) is 19.1 Å². The number of methoxy groups -OCH3 is 1. The van der Waals surface area contributed by atoms with Crippen LogP contribution in [0.3, 0.4) is 0 Å². The zero-order chi connectivity index (χ0) is 13.2. The first kappa shape index (κ1) is 13.5. The van der Waals surface area contributed by atoms with Crippen molar-refractivity contribution in [3.63, 3.8) is 0 Å². The first-order valence-corrected chi connectivity index (χ1v) is 7.77. The quantitative estimate of drug-likeness (QED) is 0.900. The number of hydrogen-bond acceptors (Lipinski definition) is 4. The lowest BCUT2D eigenvalue weighted by Crippen LogP contribution is -2.34. The van der Waals surface area contributed by atoms with E-state index in [-0.39, 0.29) is 17.9 Å². The lowest BCUT2D eigenvalue weighted by atomic mass is 10.0. The summed E-state index contributed by atoms with van der Waals surface area (Å²) in [5.74, 6) is 0.211. The Labute approximate surface area is 108 Å². The highest BCUT2D eigenvalue weighted by Crippen LogP contribution is 2.31. The SMILES string of the molecule is COC(C)CNC1CCS(=O)(=O)c2ccccc21. The van der Waals surface area contributed by atoms with Crippen LogP contribution in [-0.2, 0) is 14.6 Å². The van der Waals surface area contributed by atoms with Gasteiger partial charge in [-0.1, -0.05) is 18.2 Å². The van der Waals surface area contributed by atoms with Crippen LogP contribution in [0.1, 0.15) is 24.9 Å². The van der Waals surface area contributed by atoms with Crippen LogP contribution in [0.5, 0.6) is 0 Å². The lowest BCUT2D eigenvalue weighted by Gasteiger charge is -2.27. The summed E-state index contributed by atoms with van der Waals surface area (Å²) < 4.78 is 29.1. The van der Waals surface area contributed by atoms with Gasteiger partial charge in [-0.25, -0.2) is 8.42 Å². The van der Waals surface area contributed by atoms with Crippen molar-refractivity contribution in [2.24, 2.45) is 0 Å². The van der Waals surface area contributed by atoms with Gasteiger partial charge in [-0.05, 0) is 25.0 Å². The summed E-state index contributed by atoms with van der Waals surface area (Å²) in [6.45, 7) is 2.70. The summed E-state index contributed by atoms with van der Waals surface area (Å²) in [4.78, 5) is 0.471. The number of fused-ring (bicyclic) bond motifs is 1. The van der Waals surface area contributed by atoms with Crippen LogP contribution in [-0.4, -0.2) is 33.9 Å². The number of benzene rings is 1. The average Bonchev–Trinajstić information content (AvgIpc) is 2.38. The number of ether oxygens (including phenoxy) is 1. The van der Waals surface area contributed by atoms with Gasteiger partial charge in [0.15, 0.2) is 9.84 Å². The second-order valence-electron chi connectivity index (χ2n) is 4.65. The molecule has 0 saturated heterocycles. The Hall–Kier alpha value is -0.910. The maximum Gasteiger partial charge on any atom is 0.178 e. The summed E-state index contributed by atoms with van der Waals surface area (Å²) in [7, 11) is -1.42. The summed E-state index contributed by atoms with van der Waals surface area (Å²) in [5, 5.41) is 3.38. The third-order valence-corrected chi connectivity index (χ3v) is 5.17. The van der Waals surface area contributed by atoms with Gasteiger partial charge < -0.3 is 10.1 Å². The molecule has 0 aromatic heterocycles. The van der Waals surface area contributed by atoms with E-state index < -0.39 is 9.84 Å². The molecule has 5 heteroatoms. The monoisotopic (exact) mass is 269 g/mol. The van der Waals surface area contributed by atoms with Crippen molar-refractivity contribution in [2.45, 2.75) is 30.4 Å². The van der Waals surface area contributed by atoms with E-state index in [9.17, 15) is 8.42 Å².